The molecule has 1 saturated heterocycles. The maximum absolute atomic E-state index is 11.7. The third kappa shape index (κ3) is 2.44. The third-order valence-electron chi connectivity index (χ3n) is 2.79. The molecule has 3 atom stereocenters. The molecular formula is C12H17NO2S. The van der Waals surface area contributed by atoms with Crippen molar-refractivity contribution < 1.29 is 8.95 Å². The molecule has 1 aromatic carbocycles. The first-order chi connectivity index (χ1) is 7.70. The predicted octanol–water partition coefficient (Wildman–Crippen LogP) is 1.48. The second-order valence-corrected chi connectivity index (χ2v) is 5.68. The first-order valence-corrected chi connectivity index (χ1v) is 6.93. The number of hydrogen-bond acceptors (Lipinski definition) is 3. The minimum atomic E-state index is -0.729. The molecule has 0 spiro atoms. The van der Waals surface area contributed by atoms with Crippen LogP contribution in [0.15, 0.2) is 24.3 Å². The van der Waals surface area contributed by atoms with E-state index < -0.39 is 10.8 Å². The summed E-state index contributed by atoms with van der Waals surface area (Å²) >= 11 is 0. The molecule has 1 fully saturated rings. The van der Waals surface area contributed by atoms with Gasteiger partial charge in [0.15, 0.2) is 0 Å². The molecule has 1 aliphatic rings. The van der Waals surface area contributed by atoms with Crippen LogP contribution in [0.2, 0.25) is 0 Å². The van der Waals surface area contributed by atoms with Crippen molar-refractivity contribution in [1.29, 1.82) is 0 Å². The lowest BCUT2D eigenvalue weighted by molar-refractivity contribution is 0.396. The average molecular weight is 239 g/mol. The summed E-state index contributed by atoms with van der Waals surface area (Å²) in [7, 11) is 0.940. The van der Waals surface area contributed by atoms with Crippen molar-refractivity contribution >= 4 is 10.8 Å². The van der Waals surface area contributed by atoms with E-state index in [4.69, 9.17) is 4.74 Å². The summed E-state index contributed by atoms with van der Waals surface area (Å²) in [5, 5.41) is 3.46. The standard InChI is InChI=1S/C12H17NO2S/c1-9-7-16(14)8-11(13-9)10-5-3-4-6-12(10)15-2/h3-6,9,11,13H,7-8H2,1-2H3. The zero-order chi connectivity index (χ0) is 11.5. The second kappa shape index (κ2) is 4.97. The zero-order valence-corrected chi connectivity index (χ0v) is 10.4. The Hall–Kier alpha value is -0.870. The minimum absolute atomic E-state index is 0.140. The largest absolute Gasteiger partial charge is 0.496 e. The molecule has 1 N–H and O–H groups in total. The Morgan fingerprint density at radius 1 is 1.38 bits per heavy atom. The average Bonchev–Trinajstić information content (AvgIpc) is 2.27. The highest BCUT2D eigenvalue weighted by Crippen LogP contribution is 2.27. The molecule has 4 heteroatoms. The maximum Gasteiger partial charge on any atom is 0.123 e. The molecule has 88 valence electrons. The van der Waals surface area contributed by atoms with Crippen LogP contribution >= 0.6 is 0 Å². The van der Waals surface area contributed by atoms with Gasteiger partial charge < -0.3 is 10.1 Å². The summed E-state index contributed by atoms with van der Waals surface area (Å²) in [4.78, 5) is 0. The number of methoxy groups -OCH3 is 1. The van der Waals surface area contributed by atoms with Gasteiger partial charge in [-0.25, -0.2) is 0 Å². The SMILES string of the molecule is COc1ccccc1C1CS(=O)CC(C)N1. The van der Waals surface area contributed by atoms with E-state index in [1.54, 1.807) is 7.11 Å². The Bertz CT molecular complexity index is 394. The number of nitrogens with one attached hydrogen (secondary N) is 1. The molecule has 0 aromatic heterocycles. The Labute approximate surface area is 98.7 Å². The Kier molecular flexibility index (Phi) is 3.61. The molecule has 16 heavy (non-hydrogen) atoms. The van der Waals surface area contributed by atoms with Crippen molar-refractivity contribution in [3.8, 4) is 5.75 Å². The van der Waals surface area contributed by atoms with Crippen molar-refractivity contribution in [2.45, 2.75) is 19.0 Å². The van der Waals surface area contributed by atoms with Crippen molar-refractivity contribution in [3.63, 3.8) is 0 Å². The third-order valence-corrected chi connectivity index (χ3v) is 4.37. The van der Waals surface area contributed by atoms with Crippen LogP contribution in [0, 0.1) is 0 Å². The van der Waals surface area contributed by atoms with E-state index in [1.165, 1.54) is 0 Å². The van der Waals surface area contributed by atoms with Crippen LogP contribution in [0.4, 0.5) is 0 Å². The fourth-order valence-electron chi connectivity index (χ4n) is 2.11. The minimum Gasteiger partial charge on any atom is -0.496 e. The molecule has 0 bridgehead atoms. The Balaban J connectivity index is 2.25. The van der Waals surface area contributed by atoms with Crippen LogP contribution < -0.4 is 10.1 Å². The highest BCUT2D eigenvalue weighted by Gasteiger charge is 2.25. The highest BCUT2D eigenvalue weighted by molar-refractivity contribution is 7.85. The van der Waals surface area contributed by atoms with E-state index in [1.807, 2.05) is 24.3 Å². The van der Waals surface area contributed by atoms with Crippen LogP contribution in [-0.2, 0) is 10.8 Å². The van der Waals surface area contributed by atoms with E-state index in [0.717, 1.165) is 17.1 Å². The van der Waals surface area contributed by atoms with E-state index in [-0.39, 0.29) is 6.04 Å². The zero-order valence-electron chi connectivity index (χ0n) is 9.60. The van der Waals surface area contributed by atoms with Gasteiger partial charge in [-0.2, -0.15) is 0 Å². The smallest absolute Gasteiger partial charge is 0.123 e. The van der Waals surface area contributed by atoms with E-state index in [2.05, 4.69) is 12.2 Å². The number of ether oxygens (including phenoxy) is 1. The molecule has 1 aromatic rings. The number of para-hydroxylation sites is 1. The molecule has 3 unspecified atom stereocenters. The molecule has 0 saturated carbocycles. The second-order valence-electron chi connectivity index (χ2n) is 4.14. The molecule has 1 heterocycles. The monoisotopic (exact) mass is 239 g/mol. The molecular weight excluding hydrogens is 222 g/mol. The summed E-state index contributed by atoms with van der Waals surface area (Å²) in [5.74, 6) is 2.28. The normalized spacial score (nSPS) is 30.0. The van der Waals surface area contributed by atoms with E-state index >= 15 is 0 Å². The van der Waals surface area contributed by atoms with Gasteiger partial charge in [-0.1, -0.05) is 18.2 Å². The van der Waals surface area contributed by atoms with Crippen LogP contribution in [0.3, 0.4) is 0 Å². The van der Waals surface area contributed by atoms with Gasteiger partial charge in [-0.3, -0.25) is 4.21 Å². The van der Waals surface area contributed by atoms with E-state index in [9.17, 15) is 4.21 Å². The molecule has 0 radical (unpaired) electrons. The first-order valence-electron chi connectivity index (χ1n) is 5.44. The summed E-state index contributed by atoms with van der Waals surface area (Å²) in [5.41, 5.74) is 1.10. The summed E-state index contributed by atoms with van der Waals surface area (Å²) in [6.07, 6.45) is 0. The summed E-state index contributed by atoms with van der Waals surface area (Å²) in [6.45, 7) is 2.07. The molecule has 1 aliphatic heterocycles. The highest BCUT2D eigenvalue weighted by atomic mass is 32.2. The van der Waals surface area contributed by atoms with Gasteiger partial charge in [0.1, 0.15) is 5.75 Å². The predicted molar refractivity (Wildman–Crippen MR) is 66.2 cm³/mol. The lowest BCUT2D eigenvalue weighted by Crippen LogP contribution is -2.43. The van der Waals surface area contributed by atoms with Gasteiger partial charge in [0.05, 0.1) is 7.11 Å². The van der Waals surface area contributed by atoms with Gasteiger partial charge >= 0.3 is 0 Å². The van der Waals surface area contributed by atoms with Crippen molar-refractivity contribution in [2.75, 3.05) is 18.6 Å². The van der Waals surface area contributed by atoms with Crippen LogP contribution in [0.25, 0.3) is 0 Å². The van der Waals surface area contributed by atoms with Gasteiger partial charge in [0, 0.05) is 40.0 Å². The van der Waals surface area contributed by atoms with Crippen molar-refractivity contribution in [3.05, 3.63) is 29.8 Å². The topological polar surface area (TPSA) is 38.3 Å². The van der Waals surface area contributed by atoms with Crippen LogP contribution in [0.5, 0.6) is 5.75 Å². The van der Waals surface area contributed by atoms with Crippen LogP contribution in [0.1, 0.15) is 18.5 Å². The maximum atomic E-state index is 11.7. The van der Waals surface area contributed by atoms with Gasteiger partial charge in [-0.15, -0.1) is 0 Å². The fraction of sp³-hybridized carbons (Fsp3) is 0.500. The quantitative estimate of drug-likeness (QED) is 0.849. The van der Waals surface area contributed by atoms with Gasteiger partial charge in [0.25, 0.3) is 0 Å². The number of rotatable bonds is 2. The summed E-state index contributed by atoms with van der Waals surface area (Å²) < 4.78 is 17.0. The molecule has 2 rings (SSSR count). The van der Waals surface area contributed by atoms with Crippen molar-refractivity contribution in [1.82, 2.24) is 5.32 Å². The molecule has 0 amide bonds. The number of hydrogen-bond donors (Lipinski definition) is 1. The Morgan fingerprint density at radius 2 is 2.12 bits per heavy atom. The van der Waals surface area contributed by atoms with Crippen LogP contribution in [-0.4, -0.2) is 28.9 Å². The van der Waals surface area contributed by atoms with E-state index in [0.29, 0.717) is 11.8 Å². The number of benzene rings is 1. The van der Waals surface area contributed by atoms with Gasteiger partial charge in [0.2, 0.25) is 0 Å². The fourth-order valence-corrected chi connectivity index (χ4v) is 3.54. The molecule has 0 aliphatic carbocycles. The molecule has 3 nitrogen and oxygen atoms in total. The summed E-state index contributed by atoms with van der Waals surface area (Å²) in [6, 6.07) is 8.35. The first kappa shape index (κ1) is 11.6. The van der Waals surface area contributed by atoms with Gasteiger partial charge in [-0.05, 0) is 13.0 Å². The van der Waals surface area contributed by atoms with Crippen molar-refractivity contribution in [2.24, 2.45) is 0 Å². The lowest BCUT2D eigenvalue weighted by Gasteiger charge is -2.29. The lowest BCUT2D eigenvalue weighted by atomic mass is 10.1. The Morgan fingerprint density at radius 3 is 2.81 bits per heavy atom.